The summed E-state index contributed by atoms with van der Waals surface area (Å²) < 4.78 is 102. The number of hydrogen-bond donors (Lipinski definition) is 0. The van der Waals surface area contributed by atoms with Gasteiger partial charge in [0.25, 0.3) is 0 Å². The van der Waals surface area contributed by atoms with Gasteiger partial charge < -0.3 is 5.48 Å². The van der Waals surface area contributed by atoms with Gasteiger partial charge in [-0.25, -0.2) is 55.9 Å². The maximum atomic E-state index is 8.49. The first kappa shape index (κ1) is 31.2. The number of rotatable bonds is 0. The molecule has 0 bridgehead atoms. The van der Waals surface area contributed by atoms with E-state index >= 15 is 0 Å². The molecule has 0 aliphatic carbocycles. The molecule has 17 heavy (non-hydrogen) atoms. The second-order valence-electron chi connectivity index (χ2n) is 1.13. The molecule has 1 radical (unpaired) electrons. The summed E-state index contributed by atoms with van der Waals surface area (Å²) in [5.41, 5.74) is 0. The predicted octanol–water partition coefficient (Wildman–Crippen LogP) is -15.1. The summed E-state index contributed by atoms with van der Waals surface area (Å²) in [5.74, 6) is 0. The summed E-state index contributed by atoms with van der Waals surface area (Å²) in [6.45, 7) is 0. The summed E-state index contributed by atoms with van der Waals surface area (Å²) in [4.78, 5) is 0. The molecule has 0 spiro atoms. The molecule has 13 nitrogen and oxygen atoms in total. The van der Waals surface area contributed by atoms with E-state index in [4.69, 9.17) is 55.9 Å². The quantitative estimate of drug-likeness (QED) is 0.321. The molecule has 0 amide bonds. The van der Waals surface area contributed by atoms with E-state index in [9.17, 15) is 0 Å². The Morgan fingerprint density at radius 3 is 0.353 bits per heavy atom. The van der Waals surface area contributed by atoms with Crippen LogP contribution in [0.25, 0.3) is 0 Å². The molecule has 0 heterocycles. The molecule has 0 atom stereocenters. The van der Waals surface area contributed by atoms with Crippen LogP contribution in [0.2, 0.25) is 0 Å². The third-order valence-electron chi connectivity index (χ3n) is 0. The van der Waals surface area contributed by atoms with Crippen LogP contribution >= 0.6 is 0 Å². The second kappa shape index (κ2) is 12.7. The maximum absolute atomic E-state index is 8.49. The van der Waals surface area contributed by atoms with Crippen molar-refractivity contribution in [2.75, 3.05) is 0 Å². The third kappa shape index (κ3) is 1530. The summed E-state index contributed by atoms with van der Waals surface area (Å²) >= 11 is 0. The molecule has 2 N–H and O–H groups in total. The van der Waals surface area contributed by atoms with E-state index in [2.05, 4.69) is 0 Å². The molecule has 17 heteroatoms. The normalized spacial score (nSPS) is 10.6. The average Bonchev–Trinajstić information content (AvgIpc) is 1.41. The third-order valence-corrected chi connectivity index (χ3v) is 0. The smallest absolute Gasteiger partial charge is 0.412 e. The first-order chi connectivity index (χ1) is 6.00. The van der Waals surface area contributed by atoms with Crippen LogP contribution in [0.3, 0.4) is 0 Å². The number of hydrogen-bond acceptors (Lipinski definition) is 12. The Balaban J connectivity index is -0.0000000400. The molecule has 0 aromatic rings. The van der Waals surface area contributed by atoms with E-state index < -0.39 is 30.7 Å². The molecule has 0 fully saturated rings. The summed E-state index contributed by atoms with van der Waals surface area (Å²) in [6.07, 6.45) is 0. The van der Waals surface area contributed by atoms with Crippen molar-refractivity contribution in [3.05, 3.63) is 0 Å². The molecular weight excluding hydrogens is 465 g/mol. The molecule has 0 aliphatic rings. The van der Waals surface area contributed by atoms with Gasteiger partial charge in [-0.3, -0.25) is 0 Å². The Morgan fingerprint density at radius 2 is 0.353 bits per heavy atom. The van der Waals surface area contributed by atoms with Gasteiger partial charge in [-0.2, -0.15) is 0 Å². The molecule has 0 saturated heterocycles. The second-order valence-corrected chi connectivity index (χ2v) is 3.40. The van der Waals surface area contributed by atoms with Gasteiger partial charge in [0.2, 0.25) is 0 Å². The average molecular weight is 467 g/mol. The van der Waals surface area contributed by atoms with Crippen LogP contribution in [0.15, 0.2) is 0 Å². The zero-order valence-corrected chi connectivity index (χ0v) is 11.8. The zero-order chi connectivity index (χ0) is 13.5. The minimum Gasteiger partial charge on any atom is -0.412 e. The van der Waals surface area contributed by atoms with Gasteiger partial charge in [-0.1, -0.05) is 0 Å². The van der Waals surface area contributed by atoms with Crippen LogP contribution in [-0.4, -0.2) is 5.48 Å². The van der Waals surface area contributed by atoms with Gasteiger partial charge >= 0.3 is 40.4 Å². The molecule has 0 rings (SSSR count). The fourth-order valence-corrected chi connectivity index (χ4v) is 0. The molecule has 0 aromatic carbocycles. The number of halogens is 3. The van der Waals surface area contributed by atoms with E-state index in [1.54, 1.807) is 0 Å². The Bertz CT molecular complexity index is 91.7. The van der Waals surface area contributed by atoms with Crippen molar-refractivity contribution in [1.29, 1.82) is 0 Å². The van der Waals surface area contributed by atoms with Crippen LogP contribution in [0.4, 0.5) is 0 Å². The van der Waals surface area contributed by atoms with Crippen molar-refractivity contribution in [3.63, 3.8) is 0 Å². The molecule has 0 aliphatic heterocycles. The first-order valence-electron chi connectivity index (χ1n) is 1.85. The Hall–Kier alpha value is 1.69. The van der Waals surface area contributed by atoms with E-state index in [1.807, 2.05) is 0 Å². The van der Waals surface area contributed by atoms with E-state index in [0.717, 1.165) is 0 Å². The van der Waals surface area contributed by atoms with Gasteiger partial charge in [0.05, 0.1) is 0 Å². The Kier molecular flexibility index (Phi) is 23.3. The molecular formula is H2Cl3O13Sm. The monoisotopic (exact) mass is 467 g/mol. The van der Waals surface area contributed by atoms with E-state index in [0.29, 0.717) is 0 Å². The summed E-state index contributed by atoms with van der Waals surface area (Å²) in [5, 5.41) is 0. The summed E-state index contributed by atoms with van der Waals surface area (Å²) in [6, 6.07) is 0. The SMILES string of the molecule is O.[O-][Cl+3]([O-])([O-])[O-].[O-][Cl+3]([O-])([O-])[O-].[O-][Cl+3]([O-])([O-])[O-].[Sm+3]. The van der Waals surface area contributed by atoms with Crippen LogP contribution in [0, 0.1) is 71.1 Å². The molecule has 0 saturated carbocycles. The predicted molar refractivity (Wildman–Crippen MR) is 3.61 cm³/mol. The maximum Gasteiger partial charge on any atom is 3.00 e. The molecule has 107 valence electrons. The standard InChI is InChI=1S/3ClHO4.H2O.Sm/c3*2-1(3,4)5;;/h3*(H,2,3,4,5);1H2;/q;;;;+3/p-3. The minimum atomic E-state index is -4.94. The van der Waals surface area contributed by atoms with Gasteiger partial charge in [-0.05, 0) is 0 Å². The van der Waals surface area contributed by atoms with Crippen LogP contribution in [0.1, 0.15) is 0 Å². The van der Waals surface area contributed by atoms with Crippen molar-refractivity contribution in [2.45, 2.75) is 0 Å². The van der Waals surface area contributed by atoms with E-state index in [-0.39, 0.29) is 45.9 Å². The first-order valence-corrected chi connectivity index (χ1v) is 5.55. The molecule has 0 unspecified atom stereocenters. The fourth-order valence-electron chi connectivity index (χ4n) is 0. The van der Waals surface area contributed by atoms with Crippen molar-refractivity contribution >= 4 is 0 Å². The van der Waals surface area contributed by atoms with Crippen LogP contribution in [0.5, 0.6) is 0 Å². The minimum absolute atomic E-state index is 0. The van der Waals surface area contributed by atoms with Crippen LogP contribution in [-0.2, 0) is 0 Å². The molecule has 0 aromatic heterocycles. The van der Waals surface area contributed by atoms with Gasteiger partial charge in [0, 0.05) is 0 Å². The topological polar surface area (TPSA) is 308 Å². The van der Waals surface area contributed by atoms with Crippen molar-refractivity contribution < 1.29 is 133 Å². The van der Waals surface area contributed by atoms with Crippen molar-refractivity contribution in [1.82, 2.24) is 0 Å². The van der Waals surface area contributed by atoms with Gasteiger partial charge in [-0.15, -0.1) is 30.7 Å². The largest absolute Gasteiger partial charge is 3.00 e. The zero-order valence-electron chi connectivity index (χ0n) is 6.94. The van der Waals surface area contributed by atoms with Gasteiger partial charge in [0.1, 0.15) is 0 Å². The van der Waals surface area contributed by atoms with Crippen LogP contribution < -0.4 is 55.9 Å². The van der Waals surface area contributed by atoms with E-state index in [1.165, 1.54) is 0 Å². The van der Waals surface area contributed by atoms with Crippen molar-refractivity contribution in [2.24, 2.45) is 0 Å². The fraction of sp³-hybridized carbons (Fsp3) is 0. The summed E-state index contributed by atoms with van der Waals surface area (Å²) in [7, 11) is -14.8. The van der Waals surface area contributed by atoms with Crippen molar-refractivity contribution in [3.8, 4) is 0 Å². The Labute approximate surface area is 131 Å². The Morgan fingerprint density at radius 1 is 0.353 bits per heavy atom. The van der Waals surface area contributed by atoms with Gasteiger partial charge in [0.15, 0.2) is 0 Å².